The lowest BCUT2D eigenvalue weighted by Gasteiger charge is -2.17. The number of carbonyl (C=O) groups is 1. The second kappa shape index (κ2) is 9.88. The molecule has 188 valence electrons. The number of carboxylic acid groups (broad SMARTS) is 1. The molecule has 10 heteroatoms. The molecule has 1 unspecified atom stereocenters. The van der Waals surface area contributed by atoms with Gasteiger partial charge in [-0.05, 0) is 50.5 Å². The summed E-state index contributed by atoms with van der Waals surface area (Å²) in [6, 6.07) is 8.09. The average Bonchev–Trinajstić information content (AvgIpc) is 3.29. The van der Waals surface area contributed by atoms with Crippen molar-refractivity contribution in [2.24, 2.45) is 13.0 Å². The molecule has 9 nitrogen and oxygen atoms in total. The fraction of sp³-hybridized carbons (Fsp3) is 0.346. The number of halogens is 1. The third-order valence-electron chi connectivity index (χ3n) is 6.32. The zero-order valence-electron chi connectivity index (χ0n) is 21.2. The summed E-state index contributed by atoms with van der Waals surface area (Å²) in [5, 5.41) is 22.3. The van der Waals surface area contributed by atoms with E-state index in [4.69, 9.17) is 0 Å². The number of benzene rings is 1. The van der Waals surface area contributed by atoms with Crippen molar-refractivity contribution in [1.29, 1.82) is 0 Å². The van der Waals surface area contributed by atoms with Gasteiger partial charge in [0.2, 0.25) is 0 Å². The smallest absolute Gasteiger partial charge is 0.311 e. The summed E-state index contributed by atoms with van der Waals surface area (Å²) in [5.74, 6) is -0.244. The van der Waals surface area contributed by atoms with Crippen LogP contribution in [-0.4, -0.2) is 40.6 Å². The molecular formula is C26H30FN7O2. The molecule has 0 aliphatic carbocycles. The van der Waals surface area contributed by atoms with Gasteiger partial charge in [-0.2, -0.15) is 10.2 Å². The number of aliphatic carboxylic acids is 1. The zero-order chi connectivity index (χ0) is 26.1. The van der Waals surface area contributed by atoms with E-state index in [1.165, 1.54) is 18.5 Å². The Labute approximate surface area is 209 Å². The first-order chi connectivity index (χ1) is 17.1. The minimum absolute atomic E-state index is 0.0906. The van der Waals surface area contributed by atoms with Gasteiger partial charge in [-0.1, -0.05) is 20.8 Å². The number of anilines is 2. The van der Waals surface area contributed by atoms with E-state index in [2.05, 4.69) is 25.5 Å². The quantitative estimate of drug-likeness (QED) is 0.359. The first-order valence-electron chi connectivity index (χ1n) is 11.8. The van der Waals surface area contributed by atoms with Crippen molar-refractivity contribution in [3.63, 3.8) is 0 Å². The van der Waals surface area contributed by atoms with Crippen molar-refractivity contribution in [3.8, 4) is 17.1 Å². The van der Waals surface area contributed by atoms with Gasteiger partial charge in [0.1, 0.15) is 18.0 Å². The molecule has 4 rings (SSSR count). The molecule has 1 atom stereocenters. The van der Waals surface area contributed by atoms with Crippen LogP contribution in [-0.2, 0) is 18.3 Å². The molecule has 0 aliphatic heterocycles. The highest BCUT2D eigenvalue weighted by molar-refractivity contribution is 5.77. The first kappa shape index (κ1) is 25.0. The van der Waals surface area contributed by atoms with Crippen molar-refractivity contribution >= 4 is 17.6 Å². The van der Waals surface area contributed by atoms with Crippen LogP contribution in [0.2, 0.25) is 0 Å². The fourth-order valence-electron chi connectivity index (χ4n) is 4.69. The summed E-state index contributed by atoms with van der Waals surface area (Å²) in [4.78, 5) is 20.7. The molecule has 0 saturated heterocycles. The van der Waals surface area contributed by atoms with E-state index in [-0.39, 0.29) is 11.7 Å². The van der Waals surface area contributed by atoms with Crippen LogP contribution >= 0.6 is 0 Å². The maximum atomic E-state index is 13.4. The van der Waals surface area contributed by atoms with Crippen LogP contribution in [0.4, 0.5) is 16.0 Å². The third kappa shape index (κ3) is 4.58. The van der Waals surface area contributed by atoms with Crippen molar-refractivity contribution < 1.29 is 14.3 Å². The highest BCUT2D eigenvalue weighted by Crippen LogP contribution is 2.33. The molecular weight excluding hydrogens is 461 g/mol. The number of hydrogen-bond acceptors (Lipinski definition) is 6. The van der Waals surface area contributed by atoms with Gasteiger partial charge in [-0.3, -0.25) is 9.48 Å². The van der Waals surface area contributed by atoms with Crippen LogP contribution in [0.15, 0.2) is 36.7 Å². The summed E-state index contributed by atoms with van der Waals surface area (Å²) in [5.41, 5.74) is 4.82. The van der Waals surface area contributed by atoms with Gasteiger partial charge in [0.15, 0.2) is 11.6 Å². The van der Waals surface area contributed by atoms with Gasteiger partial charge < -0.3 is 10.4 Å². The van der Waals surface area contributed by atoms with Gasteiger partial charge >= 0.3 is 5.97 Å². The molecule has 2 N–H and O–H groups in total. The maximum Gasteiger partial charge on any atom is 0.311 e. The monoisotopic (exact) mass is 491 g/mol. The lowest BCUT2D eigenvalue weighted by molar-refractivity contribution is -0.139. The Balaban J connectivity index is 1.70. The Morgan fingerprint density at radius 1 is 1.14 bits per heavy atom. The Morgan fingerprint density at radius 2 is 1.83 bits per heavy atom. The van der Waals surface area contributed by atoms with E-state index in [0.717, 1.165) is 22.5 Å². The maximum absolute atomic E-state index is 13.4. The van der Waals surface area contributed by atoms with Gasteiger partial charge in [-0.15, -0.1) is 0 Å². The molecule has 0 spiro atoms. The van der Waals surface area contributed by atoms with Gasteiger partial charge in [0, 0.05) is 35.5 Å². The summed E-state index contributed by atoms with van der Waals surface area (Å²) in [6.07, 6.45) is 2.13. The first-order valence-corrected chi connectivity index (χ1v) is 11.8. The molecule has 0 fully saturated rings. The molecule has 0 amide bonds. The average molecular weight is 492 g/mol. The van der Waals surface area contributed by atoms with E-state index in [9.17, 15) is 14.3 Å². The largest absolute Gasteiger partial charge is 0.481 e. The number of aromatic nitrogens is 6. The second-order valence-corrected chi connectivity index (χ2v) is 9.10. The molecule has 3 aromatic heterocycles. The number of hydrogen-bond donors (Lipinski definition) is 2. The number of aryl methyl sites for hydroxylation is 2. The van der Waals surface area contributed by atoms with Crippen molar-refractivity contribution in [2.75, 3.05) is 5.32 Å². The molecule has 0 radical (unpaired) electrons. The zero-order valence-corrected chi connectivity index (χ0v) is 21.2. The molecule has 0 saturated carbocycles. The summed E-state index contributed by atoms with van der Waals surface area (Å²) >= 11 is 0. The van der Waals surface area contributed by atoms with Gasteiger partial charge in [-0.25, -0.2) is 19.0 Å². The molecule has 36 heavy (non-hydrogen) atoms. The molecule has 0 aliphatic rings. The Kier molecular flexibility index (Phi) is 6.87. The van der Waals surface area contributed by atoms with E-state index >= 15 is 0 Å². The molecule has 3 heterocycles. The SMILES string of the molecule is CCc1c(Nc2cc(-n3nc(C)c(C(C(=O)O)C(C)C)c3C)ncn2)nn(C)c1-c1ccc(F)cc1. The van der Waals surface area contributed by atoms with Gasteiger partial charge in [0.25, 0.3) is 0 Å². The van der Waals surface area contributed by atoms with Crippen LogP contribution in [0.3, 0.4) is 0 Å². The van der Waals surface area contributed by atoms with Crippen LogP contribution in [0.25, 0.3) is 17.1 Å². The number of carboxylic acids is 1. The van der Waals surface area contributed by atoms with E-state index in [0.29, 0.717) is 35.1 Å². The van der Waals surface area contributed by atoms with Crippen LogP contribution in [0.1, 0.15) is 49.2 Å². The number of rotatable bonds is 8. The summed E-state index contributed by atoms with van der Waals surface area (Å²) in [7, 11) is 1.85. The van der Waals surface area contributed by atoms with Crippen LogP contribution in [0, 0.1) is 25.6 Å². The van der Waals surface area contributed by atoms with Crippen molar-refractivity contribution in [3.05, 3.63) is 65.0 Å². The lowest BCUT2D eigenvalue weighted by atomic mass is 9.87. The van der Waals surface area contributed by atoms with Crippen LogP contribution < -0.4 is 5.32 Å². The van der Waals surface area contributed by atoms with Crippen molar-refractivity contribution in [1.82, 2.24) is 29.5 Å². The highest BCUT2D eigenvalue weighted by atomic mass is 19.1. The topological polar surface area (TPSA) is 111 Å². The standard InChI is InChI=1S/C26H30FN7O2/c1-7-19-24(17-8-10-18(27)11-9-17)33(6)32-25(19)30-20-12-21(29-13-28-20)34-16(5)23(15(4)31-34)22(14(2)3)26(35)36/h8-14,22H,7H2,1-6H3,(H,35,36)(H,28,29,30,32). The minimum Gasteiger partial charge on any atom is -0.481 e. The number of nitrogens with zero attached hydrogens (tertiary/aromatic N) is 6. The normalized spacial score (nSPS) is 12.2. The molecule has 4 aromatic rings. The fourth-order valence-corrected chi connectivity index (χ4v) is 4.69. The second-order valence-electron chi connectivity index (χ2n) is 9.10. The van der Waals surface area contributed by atoms with Crippen molar-refractivity contribution in [2.45, 2.75) is 47.0 Å². The van der Waals surface area contributed by atoms with E-state index in [1.807, 2.05) is 41.7 Å². The predicted molar refractivity (Wildman–Crippen MR) is 135 cm³/mol. The molecule has 1 aromatic carbocycles. The minimum atomic E-state index is -0.875. The Morgan fingerprint density at radius 3 is 2.44 bits per heavy atom. The third-order valence-corrected chi connectivity index (χ3v) is 6.32. The van der Waals surface area contributed by atoms with E-state index in [1.54, 1.807) is 27.6 Å². The molecule has 0 bridgehead atoms. The van der Waals surface area contributed by atoms with E-state index < -0.39 is 11.9 Å². The highest BCUT2D eigenvalue weighted by Gasteiger charge is 2.30. The summed E-state index contributed by atoms with van der Waals surface area (Å²) < 4.78 is 16.9. The van der Waals surface area contributed by atoms with Gasteiger partial charge in [0.05, 0.1) is 17.3 Å². The summed E-state index contributed by atoms with van der Waals surface area (Å²) in [6.45, 7) is 9.48. The van der Waals surface area contributed by atoms with Crippen LogP contribution in [0.5, 0.6) is 0 Å². The predicted octanol–water partition coefficient (Wildman–Crippen LogP) is 4.95. The Bertz CT molecular complexity index is 1410. The number of nitrogens with one attached hydrogen (secondary N) is 1. The lowest BCUT2D eigenvalue weighted by Crippen LogP contribution is -2.19. The Hall–Kier alpha value is -4.08.